The van der Waals surface area contributed by atoms with Crippen molar-refractivity contribution in [1.29, 1.82) is 0 Å². The van der Waals surface area contributed by atoms with Crippen molar-refractivity contribution in [2.75, 3.05) is 11.9 Å². The van der Waals surface area contributed by atoms with Crippen LogP contribution in [0.1, 0.15) is 6.92 Å². The summed E-state index contributed by atoms with van der Waals surface area (Å²) < 4.78 is 1.79. The Bertz CT molecular complexity index is 674. The molecule has 1 aromatic carbocycles. The van der Waals surface area contributed by atoms with Crippen LogP contribution in [0.5, 0.6) is 0 Å². The van der Waals surface area contributed by atoms with E-state index in [1.165, 1.54) is 0 Å². The summed E-state index contributed by atoms with van der Waals surface area (Å²) in [6.45, 7) is 2.92. The first-order chi connectivity index (χ1) is 8.88. The van der Waals surface area contributed by atoms with E-state index in [4.69, 9.17) is 0 Å². The fourth-order valence-electron chi connectivity index (χ4n) is 1.90. The number of aromatic nitrogens is 4. The summed E-state index contributed by atoms with van der Waals surface area (Å²) in [5.74, 6) is 0. The van der Waals surface area contributed by atoms with E-state index in [0.717, 1.165) is 29.0 Å². The minimum absolute atomic E-state index is 0.864. The van der Waals surface area contributed by atoms with Crippen LogP contribution in [-0.2, 0) is 0 Å². The zero-order valence-electron chi connectivity index (χ0n) is 10.0. The summed E-state index contributed by atoms with van der Waals surface area (Å²) in [6.07, 6.45) is 3.58. The molecule has 0 amide bonds. The zero-order valence-corrected chi connectivity index (χ0v) is 10.0. The molecule has 2 aromatic heterocycles. The molecule has 3 aromatic rings. The van der Waals surface area contributed by atoms with Gasteiger partial charge in [-0.15, -0.1) is 5.10 Å². The van der Waals surface area contributed by atoms with Gasteiger partial charge in [-0.25, -0.2) is 4.68 Å². The lowest BCUT2D eigenvalue weighted by atomic mass is 10.3. The third kappa shape index (κ3) is 1.79. The summed E-state index contributed by atoms with van der Waals surface area (Å²) in [5.41, 5.74) is 3.75. The quantitative estimate of drug-likeness (QED) is 0.761. The normalized spacial score (nSPS) is 10.7. The molecule has 5 nitrogen and oxygen atoms in total. The molecule has 0 unspecified atom stereocenters. The van der Waals surface area contributed by atoms with Gasteiger partial charge in [-0.05, 0) is 25.1 Å². The van der Waals surface area contributed by atoms with E-state index in [9.17, 15) is 0 Å². The van der Waals surface area contributed by atoms with Crippen molar-refractivity contribution in [2.24, 2.45) is 0 Å². The van der Waals surface area contributed by atoms with Crippen molar-refractivity contribution in [3.63, 3.8) is 0 Å². The van der Waals surface area contributed by atoms with Gasteiger partial charge in [0.25, 0.3) is 0 Å². The van der Waals surface area contributed by atoms with Crippen molar-refractivity contribution in [2.45, 2.75) is 6.92 Å². The van der Waals surface area contributed by atoms with Crippen LogP contribution in [0, 0.1) is 0 Å². The number of hydrogen-bond acceptors (Lipinski definition) is 4. The van der Waals surface area contributed by atoms with Gasteiger partial charge in [-0.2, -0.15) is 0 Å². The first-order valence-corrected chi connectivity index (χ1v) is 5.88. The van der Waals surface area contributed by atoms with Crippen LogP contribution in [0.15, 0.2) is 42.7 Å². The van der Waals surface area contributed by atoms with E-state index < -0.39 is 0 Å². The maximum absolute atomic E-state index is 4.21. The second kappa shape index (κ2) is 4.44. The molecule has 0 fully saturated rings. The molecule has 0 bridgehead atoms. The lowest BCUT2D eigenvalue weighted by molar-refractivity contribution is 0.820. The van der Waals surface area contributed by atoms with Crippen LogP contribution in [0.4, 0.5) is 5.69 Å². The smallest absolute Gasteiger partial charge is 0.113 e. The molecular formula is C13H13N5. The third-order valence-electron chi connectivity index (χ3n) is 2.70. The Kier molecular flexibility index (Phi) is 2.64. The summed E-state index contributed by atoms with van der Waals surface area (Å²) >= 11 is 0. The average Bonchev–Trinajstić information content (AvgIpc) is 2.83. The van der Waals surface area contributed by atoms with E-state index in [2.05, 4.69) is 27.5 Å². The number of rotatable bonds is 3. The molecule has 0 radical (unpaired) electrons. The van der Waals surface area contributed by atoms with Crippen LogP contribution in [0.3, 0.4) is 0 Å². The first-order valence-electron chi connectivity index (χ1n) is 5.88. The summed E-state index contributed by atoms with van der Waals surface area (Å²) in [4.78, 5) is 4.21. The Morgan fingerprint density at radius 1 is 1.22 bits per heavy atom. The van der Waals surface area contributed by atoms with Crippen LogP contribution in [0.2, 0.25) is 0 Å². The maximum atomic E-state index is 4.21. The summed E-state index contributed by atoms with van der Waals surface area (Å²) in [6, 6.07) is 9.88. The molecule has 0 aliphatic heterocycles. The molecule has 0 aliphatic carbocycles. The molecule has 3 rings (SSSR count). The molecule has 18 heavy (non-hydrogen) atoms. The minimum Gasteiger partial charge on any atom is -0.384 e. The average molecular weight is 239 g/mol. The van der Waals surface area contributed by atoms with Crippen molar-refractivity contribution in [3.05, 3.63) is 42.7 Å². The Morgan fingerprint density at radius 3 is 3.00 bits per heavy atom. The third-order valence-corrected chi connectivity index (χ3v) is 2.70. The molecule has 0 saturated heterocycles. The Labute approximate surface area is 104 Å². The number of nitrogens with zero attached hydrogens (tertiary/aromatic N) is 4. The SMILES string of the molecule is CCNc1cncc(-n2nnc3ccccc32)c1. The predicted octanol–water partition coefficient (Wildman–Crippen LogP) is 2.25. The summed E-state index contributed by atoms with van der Waals surface area (Å²) in [7, 11) is 0. The van der Waals surface area contributed by atoms with E-state index in [1.54, 1.807) is 17.1 Å². The number of pyridine rings is 1. The second-order valence-corrected chi connectivity index (χ2v) is 3.95. The van der Waals surface area contributed by atoms with Gasteiger partial charge in [0.15, 0.2) is 0 Å². The molecule has 0 saturated carbocycles. The number of benzene rings is 1. The monoisotopic (exact) mass is 239 g/mol. The van der Waals surface area contributed by atoms with E-state index in [0.29, 0.717) is 0 Å². The lowest BCUT2D eigenvalue weighted by Crippen LogP contribution is -2.01. The van der Waals surface area contributed by atoms with Crippen LogP contribution in [-0.4, -0.2) is 26.5 Å². The highest BCUT2D eigenvalue weighted by atomic mass is 15.4. The largest absolute Gasteiger partial charge is 0.384 e. The van der Waals surface area contributed by atoms with Crippen LogP contribution < -0.4 is 5.32 Å². The molecule has 90 valence electrons. The van der Waals surface area contributed by atoms with Crippen LogP contribution in [0.25, 0.3) is 16.7 Å². The van der Waals surface area contributed by atoms with Gasteiger partial charge in [0.05, 0.1) is 29.3 Å². The highest BCUT2D eigenvalue weighted by Crippen LogP contribution is 2.17. The second-order valence-electron chi connectivity index (χ2n) is 3.95. The molecule has 2 heterocycles. The molecular weight excluding hydrogens is 226 g/mol. The van der Waals surface area contributed by atoms with Gasteiger partial charge in [0.2, 0.25) is 0 Å². The van der Waals surface area contributed by atoms with Gasteiger partial charge in [-0.1, -0.05) is 17.3 Å². The van der Waals surface area contributed by atoms with E-state index in [-0.39, 0.29) is 0 Å². The van der Waals surface area contributed by atoms with Gasteiger partial charge >= 0.3 is 0 Å². The van der Waals surface area contributed by atoms with Crippen molar-refractivity contribution < 1.29 is 0 Å². The summed E-state index contributed by atoms with van der Waals surface area (Å²) in [5, 5.41) is 11.5. The molecule has 1 N–H and O–H groups in total. The Balaban J connectivity index is 2.11. The van der Waals surface area contributed by atoms with Crippen molar-refractivity contribution in [3.8, 4) is 5.69 Å². The van der Waals surface area contributed by atoms with Gasteiger partial charge < -0.3 is 5.32 Å². The molecule has 5 heteroatoms. The van der Waals surface area contributed by atoms with Gasteiger partial charge in [-0.3, -0.25) is 4.98 Å². The number of para-hydroxylation sites is 1. The van der Waals surface area contributed by atoms with Gasteiger partial charge in [0.1, 0.15) is 5.52 Å². The molecule has 0 atom stereocenters. The fraction of sp³-hybridized carbons (Fsp3) is 0.154. The number of hydrogen-bond donors (Lipinski definition) is 1. The maximum Gasteiger partial charge on any atom is 0.113 e. The lowest BCUT2D eigenvalue weighted by Gasteiger charge is -2.05. The topological polar surface area (TPSA) is 55.6 Å². The van der Waals surface area contributed by atoms with E-state index >= 15 is 0 Å². The zero-order chi connectivity index (χ0) is 12.4. The minimum atomic E-state index is 0.864. The van der Waals surface area contributed by atoms with Gasteiger partial charge in [0, 0.05) is 6.54 Å². The number of nitrogens with one attached hydrogen (secondary N) is 1. The molecule has 0 spiro atoms. The van der Waals surface area contributed by atoms with Crippen LogP contribution >= 0.6 is 0 Å². The Hall–Kier alpha value is -2.43. The Morgan fingerprint density at radius 2 is 2.11 bits per heavy atom. The van der Waals surface area contributed by atoms with Crippen molar-refractivity contribution in [1.82, 2.24) is 20.0 Å². The first kappa shape index (κ1) is 10.7. The number of anilines is 1. The highest BCUT2D eigenvalue weighted by molar-refractivity contribution is 5.76. The predicted molar refractivity (Wildman–Crippen MR) is 70.8 cm³/mol. The van der Waals surface area contributed by atoms with E-state index in [1.807, 2.05) is 30.3 Å². The van der Waals surface area contributed by atoms with Crippen molar-refractivity contribution >= 4 is 16.7 Å². The number of fused-ring (bicyclic) bond motifs is 1. The molecule has 0 aliphatic rings. The standard InChI is InChI=1S/C13H13N5/c1-2-15-10-7-11(9-14-8-10)18-13-6-4-3-5-12(13)16-17-18/h3-9,15H,2H2,1H3. The highest BCUT2D eigenvalue weighted by Gasteiger charge is 2.06. The fourth-order valence-corrected chi connectivity index (χ4v) is 1.90.